The van der Waals surface area contributed by atoms with Crippen molar-refractivity contribution < 1.29 is 9.53 Å². The number of nitrogen functional groups attached to an aromatic ring is 1. The highest BCUT2D eigenvalue weighted by atomic mass is 35.5. The summed E-state index contributed by atoms with van der Waals surface area (Å²) in [5.41, 5.74) is 6.33. The second-order valence-electron chi connectivity index (χ2n) is 4.55. The summed E-state index contributed by atoms with van der Waals surface area (Å²) in [7, 11) is 0. The SMILES string of the molecule is CC(C)CC(C)OC(=O)c1cccc(Cl)c1N. The van der Waals surface area contributed by atoms with E-state index in [-0.39, 0.29) is 11.8 Å². The van der Waals surface area contributed by atoms with E-state index < -0.39 is 5.97 Å². The molecule has 4 heteroatoms. The third kappa shape index (κ3) is 3.93. The molecule has 0 radical (unpaired) electrons. The maximum Gasteiger partial charge on any atom is 0.340 e. The van der Waals surface area contributed by atoms with E-state index >= 15 is 0 Å². The second-order valence-corrected chi connectivity index (χ2v) is 4.95. The van der Waals surface area contributed by atoms with Gasteiger partial charge >= 0.3 is 5.97 Å². The van der Waals surface area contributed by atoms with Crippen LogP contribution in [-0.2, 0) is 4.74 Å². The lowest BCUT2D eigenvalue weighted by Gasteiger charge is -2.16. The van der Waals surface area contributed by atoms with E-state index in [0.717, 1.165) is 6.42 Å². The van der Waals surface area contributed by atoms with Crippen molar-refractivity contribution in [2.45, 2.75) is 33.3 Å². The van der Waals surface area contributed by atoms with E-state index in [1.54, 1.807) is 18.2 Å². The number of halogens is 1. The minimum absolute atomic E-state index is 0.124. The number of carbonyl (C=O) groups excluding carboxylic acids is 1. The molecule has 1 atom stereocenters. The summed E-state index contributed by atoms with van der Waals surface area (Å²) < 4.78 is 5.31. The van der Waals surface area contributed by atoms with Gasteiger partial charge in [-0.25, -0.2) is 4.79 Å². The van der Waals surface area contributed by atoms with Gasteiger partial charge in [0.25, 0.3) is 0 Å². The van der Waals surface area contributed by atoms with Crippen LogP contribution in [-0.4, -0.2) is 12.1 Å². The van der Waals surface area contributed by atoms with Crippen LogP contribution in [0.15, 0.2) is 18.2 Å². The fourth-order valence-electron chi connectivity index (χ4n) is 1.67. The van der Waals surface area contributed by atoms with Crippen molar-refractivity contribution in [2.75, 3.05) is 5.73 Å². The van der Waals surface area contributed by atoms with Gasteiger partial charge in [0.05, 0.1) is 22.4 Å². The molecule has 17 heavy (non-hydrogen) atoms. The van der Waals surface area contributed by atoms with Crippen LogP contribution in [0.3, 0.4) is 0 Å². The second kappa shape index (κ2) is 5.92. The fraction of sp³-hybridized carbons (Fsp3) is 0.462. The average Bonchev–Trinajstić information content (AvgIpc) is 2.20. The van der Waals surface area contributed by atoms with Crippen LogP contribution in [0, 0.1) is 5.92 Å². The van der Waals surface area contributed by atoms with Gasteiger partial charge < -0.3 is 10.5 Å². The number of hydrogen-bond acceptors (Lipinski definition) is 3. The Hall–Kier alpha value is -1.22. The van der Waals surface area contributed by atoms with Crippen molar-refractivity contribution in [1.82, 2.24) is 0 Å². The highest BCUT2D eigenvalue weighted by Gasteiger charge is 2.16. The molecule has 0 saturated carbocycles. The Morgan fingerprint density at radius 2 is 2.06 bits per heavy atom. The predicted octanol–water partition coefficient (Wildman–Crippen LogP) is 3.51. The molecule has 0 aliphatic heterocycles. The van der Waals surface area contributed by atoms with E-state index in [9.17, 15) is 4.79 Å². The molecule has 1 aromatic rings. The average molecular weight is 256 g/mol. The minimum Gasteiger partial charge on any atom is -0.459 e. The van der Waals surface area contributed by atoms with Gasteiger partial charge in [0.15, 0.2) is 0 Å². The first-order valence-corrected chi connectivity index (χ1v) is 6.04. The number of carbonyl (C=O) groups is 1. The summed E-state index contributed by atoms with van der Waals surface area (Å²) in [6.45, 7) is 6.04. The summed E-state index contributed by atoms with van der Waals surface area (Å²) in [5, 5.41) is 0.371. The van der Waals surface area contributed by atoms with E-state index in [4.69, 9.17) is 22.1 Å². The van der Waals surface area contributed by atoms with Gasteiger partial charge in [-0.15, -0.1) is 0 Å². The lowest BCUT2D eigenvalue weighted by molar-refractivity contribution is 0.0301. The molecule has 1 unspecified atom stereocenters. The van der Waals surface area contributed by atoms with Crippen molar-refractivity contribution in [3.63, 3.8) is 0 Å². The Kier molecular flexibility index (Phi) is 4.82. The number of benzene rings is 1. The molecule has 0 fully saturated rings. The van der Waals surface area contributed by atoms with Crippen molar-refractivity contribution in [2.24, 2.45) is 5.92 Å². The number of nitrogens with two attached hydrogens (primary N) is 1. The lowest BCUT2D eigenvalue weighted by Crippen LogP contribution is -2.18. The number of rotatable bonds is 4. The largest absolute Gasteiger partial charge is 0.459 e. The fourth-order valence-corrected chi connectivity index (χ4v) is 1.85. The van der Waals surface area contributed by atoms with Gasteiger partial charge in [0.2, 0.25) is 0 Å². The highest BCUT2D eigenvalue weighted by molar-refractivity contribution is 6.33. The lowest BCUT2D eigenvalue weighted by atomic mass is 10.1. The number of hydrogen-bond donors (Lipinski definition) is 1. The van der Waals surface area contributed by atoms with Crippen molar-refractivity contribution in [3.05, 3.63) is 28.8 Å². The number of ether oxygens (including phenoxy) is 1. The van der Waals surface area contributed by atoms with Crippen molar-refractivity contribution in [3.8, 4) is 0 Å². The van der Waals surface area contributed by atoms with Crippen LogP contribution in [0.25, 0.3) is 0 Å². The molecule has 0 spiro atoms. The van der Waals surface area contributed by atoms with Crippen LogP contribution in [0.1, 0.15) is 37.6 Å². The Balaban J connectivity index is 2.73. The summed E-state index contributed by atoms with van der Waals surface area (Å²) in [4.78, 5) is 11.8. The van der Waals surface area contributed by atoms with E-state index in [1.165, 1.54) is 0 Å². The topological polar surface area (TPSA) is 52.3 Å². The Morgan fingerprint density at radius 3 is 2.65 bits per heavy atom. The molecule has 0 aliphatic rings. The van der Waals surface area contributed by atoms with Gasteiger partial charge in [0.1, 0.15) is 0 Å². The summed E-state index contributed by atoms with van der Waals surface area (Å²) >= 11 is 5.85. The quantitative estimate of drug-likeness (QED) is 0.662. The van der Waals surface area contributed by atoms with E-state index in [0.29, 0.717) is 16.5 Å². The van der Waals surface area contributed by atoms with E-state index in [2.05, 4.69) is 13.8 Å². The first kappa shape index (κ1) is 13.8. The van der Waals surface area contributed by atoms with Gasteiger partial charge in [-0.05, 0) is 31.4 Å². The molecule has 1 aromatic carbocycles. The van der Waals surface area contributed by atoms with Crippen LogP contribution in [0.4, 0.5) is 5.69 Å². The number of esters is 1. The Labute approximate surface area is 107 Å². The molecule has 1 rings (SSSR count). The van der Waals surface area contributed by atoms with Crippen LogP contribution in [0.2, 0.25) is 5.02 Å². The summed E-state index contributed by atoms with van der Waals surface area (Å²) in [6, 6.07) is 4.94. The minimum atomic E-state index is -0.418. The molecule has 94 valence electrons. The number of para-hydroxylation sites is 1. The zero-order valence-corrected chi connectivity index (χ0v) is 11.1. The van der Waals surface area contributed by atoms with Crippen LogP contribution in [0.5, 0.6) is 0 Å². The molecule has 2 N–H and O–H groups in total. The Bertz CT molecular complexity index is 404. The zero-order chi connectivity index (χ0) is 13.0. The van der Waals surface area contributed by atoms with Gasteiger partial charge in [-0.1, -0.05) is 31.5 Å². The molecule has 0 aliphatic carbocycles. The van der Waals surface area contributed by atoms with Gasteiger partial charge in [0, 0.05) is 0 Å². The monoisotopic (exact) mass is 255 g/mol. The Morgan fingerprint density at radius 1 is 1.41 bits per heavy atom. The van der Waals surface area contributed by atoms with Crippen LogP contribution >= 0.6 is 11.6 Å². The maximum atomic E-state index is 11.8. The molecule has 0 heterocycles. The summed E-state index contributed by atoms with van der Waals surface area (Å²) in [6.07, 6.45) is 0.701. The molecule has 0 bridgehead atoms. The standard InChI is InChI=1S/C13H18ClNO2/c1-8(2)7-9(3)17-13(16)10-5-4-6-11(14)12(10)15/h4-6,8-9H,7,15H2,1-3H3. The van der Waals surface area contributed by atoms with Crippen molar-refractivity contribution in [1.29, 1.82) is 0 Å². The zero-order valence-electron chi connectivity index (χ0n) is 10.4. The first-order chi connectivity index (χ1) is 7.91. The molecule has 0 aromatic heterocycles. The van der Waals surface area contributed by atoms with Crippen molar-refractivity contribution >= 4 is 23.3 Å². The molecular formula is C13H18ClNO2. The molecule has 3 nitrogen and oxygen atoms in total. The molecule has 0 amide bonds. The van der Waals surface area contributed by atoms with Gasteiger partial charge in [-0.2, -0.15) is 0 Å². The predicted molar refractivity (Wildman–Crippen MR) is 70.2 cm³/mol. The smallest absolute Gasteiger partial charge is 0.340 e. The van der Waals surface area contributed by atoms with Gasteiger partial charge in [-0.3, -0.25) is 0 Å². The molecular weight excluding hydrogens is 238 g/mol. The number of anilines is 1. The normalized spacial score (nSPS) is 12.5. The van der Waals surface area contributed by atoms with Crippen LogP contribution < -0.4 is 5.73 Å². The maximum absolute atomic E-state index is 11.8. The van der Waals surface area contributed by atoms with E-state index in [1.807, 2.05) is 6.92 Å². The highest BCUT2D eigenvalue weighted by Crippen LogP contribution is 2.23. The third-order valence-electron chi connectivity index (χ3n) is 2.38. The molecule has 0 saturated heterocycles. The first-order valence-electron chi connectivity index (χ1n) is 5.66. The third-order valence-corrected chi connectivity index (χ3v) is 2.71. The summed E-state index contributed by atoms with van der Waals surface area (Å²) in [5.74, 6) is 0.0626.